The fourth-order valence-corrected chi connectivity index (χ4v) is 2.87. The average molecular weight is 295 g/mol. The summed E-state index contributed by atoms with van der Waals surface area (Å²) in [6.07, 6.45) is 0. The van der Waals surface area contributed by atoms with Crippen molar-refractivity contribution in [2.75, 3.05) is 64.7 Å². The van der Waals surface area contributed by atoms with Crippen molar-refractivity contribution in [2.45, 2.75) is 0 Å². The molecule has 0 atom stereocenters. The van der Waals surface area contributed by atoms with E-state index in [0.717, 1.165) is 0 Å². The second-order valence-electron chi connectivity index (χ2n) is 4.25. The second-order valence-corrected chi connectivity index (χ2v) is 6.56. The minimum Gasteiger partial charge on any atom is -0.462 e. The number of rotatable bonds is 8. The fraction of sp³-hybridized carbons (Fsp3) is 0.909. The largest absolute Gasteiger partial charge is 0.462 e. The predicted molar refractivity (Wildman–Crippen MR) is 68.7 cm³/mol. The Morgan fingerprint density at radius 1 is 1.11 bits per heavy atom. The van der Waals surface area contributed by atoms with E-state index in [2.05, 4.69) is 0 Å². The molecule has 0 aromatic carbocycles. The first-order valence-electron chi connectivity index (χ1n) is 6.18. The molecular formula is C11H21NO6S. The minimum absolute atomic E-state index is 0.112. The van der Waals surface area contributed by atoms with Crippen LogP contribution in [0.2, 0.25) is 0 Å². The van der Waals surface area contributed by atoms with Crippen molar-refractivity contribution in [1.29, 1.82) is 0 Å². The van der Waals surface area contributed by atoms with Crippen LogP contribution < -0.4 is 0 Å². The first-order valence-corrected chi connectivity index (χ1v) is 8.01. The first kappa shape index (κ1) is 16.4. The summed E-state index contributed by atoms with van der Waals surface area (Å²) < 4.78 is 37.3. The number of sulfone groups is 1. The highest BCUT2D eigenvalue weighted by Crippen LogP contribution is 2.03. The van der Waals surface area contributed by atoms with Crippen molar-refractivity contribution in [1.82, 2.24) is 4.90 Å². The number of methoxy groups -OCH3 is 1. The smallest absolute Gasteiger partial charge is 0.320 e. The first-order chi connectivity index (χ1) is 9.03. The lowest BCUT2D eigenvalue weighted by molar-refractivity contribution is -0.146. The van der Waals surface area contributed by atoms with E-state index in [1.54, 1.807) is 12.0 Å². The standard InChI is InChI=1S/C11H21NO6S/c1-16-4-5-17-6-7-18-11(13)10-12-2-8-19(14,15)9-3-12/h2-10H2,1H3. The molecule has 0 aromatic heterocycles. The molecule has 8 heteroatoms. The van der Waals surface area contributed by atoms with Gasteiger partial charge in [-0.2, -0.15) is 0 Å². The SMILES string of the molecule is COCCOCCOC(=O)CN1CCS(=O)(=O)CC1. The van der Waals surface area contributed by atoms with Crippen LogP contribution in [0.15, 0.2) is 0 Å². The van der Waals surface area contributed by atoms with Crippen LogP contribution in [0.3, 0.4) is 0 Å². The molecule has 0 spiro atoms. The van der Waals surface area contributed by atoms with Gasteiger partial charge in [-0.3, -0.25) is 9.69 Å². The molecule has 0 bridgehead atoms. The topological polar surface area (TPSA) is 82.1 Å². The Morgan fingerprint density at radius 2 is 1.74 bits per heavy atom. The van der Waals surface area contributed by atoms with Gasteiger partial charge in [-0.25, -0.2) is 8.42 Å². The van der Waals surface area contributed by atoms with Crippen LogP contribution in [-0.2, 0) is 28.8 Å². The predicted octanol–water partition coefficient (Wildman–Crippen LogP) is -1.08. The highest BCUT2D eigenvalue weighted by molar-refractivity contribution is 7.91. The number of hydrogen-bond acceptors (Lipinski definition) is 7. The lowest BCUT2D eigenvalue weighted by Crippen LogP contribution is -2.43. The third-order valence-corrected chi connectivity index (χ3v) is 4.32. The van der Waals surface area contributed by atoms with E-state index >= 15 is 0 Å². The zero-order valence-electron chi connectivity index (χ0n) is 11.2. The molecule has 112 valence electrons. The number of ether oxygens (including phenoxy) is 3. The van der Waals surface area contributed by atoms with Crippen molar-refractivity contribution in [3.63, 3.8) is 0 Å². The second kappa shape index (κ2) is 8.47. The monoisotopic (exact) mass is 295 g/mol. The summed E-state index contributed by atoms with van der Waals surface area (Å²) in [4.78, 5) is 13.3. The third-order valence-electron chi connectivity index (χ3n) is 2.71. The van der Waals surface area contributed by atoms with E-state index < -0.39 is 9.84 Å². The van der Waals surface area contributed by atoms with E-state index in [1.165, 1.54) is 0 Å². The van der Waals surface area contributed by atoms with E-state index in [0.29, 0.717) is 32.9 Å². The Balaban J connectivity index is 2.05. The minimum atomic E-state index is -2.91. The van der Waals surface area contributed by atoms with E-state index in [4.69, 9.17) is 14.2 Å². The van der Waals surface area contributed by atoms with Gasteiger partial charge in [0.2, 0.25) is 0 Å². The summed E-state index contributed by atoms with van der Waals surface area (Å²) in [5, 5.41) is 0. The molecule has 0 aromatic rings. The van der Waals surface area contributed by atoms with E-state index in [9.17, 15) is 13.2 Å². The van der Waals surface area contributed by atoms with Crippen LogP contribution >= 0.6 is 0 Å². The van der Waals surface area contributed by atoms with Gasteiger partial charge >= 0.3 is 5.97 Å². The number of carbonyl (C=O) groups excluding carboxylic acids is 1. The van der Waals surface area contributed by atoms with E-state index in [1.807, 2.05) is 0 Å². The van der Waals surface area contributed by atoms with Gasteiger partial charge in [0.25, 0.3) is 0 Å². The Labute approximate surface area is 113 Å². The molecule has 1 aliphatic rings. The van der Waals surface area contributed by atoms with Crippen molar-refractivity contribution in [3.05, 3.63) is 0 Å². The van der Waals surface area contributed by atoms with Gasteiger partial charge in [0.05, 0.1) is 37.9 Å². The quantitative estimate of drug-likeness (QED) is 0.416. The van der Waals surface area contributed by atoms with Crippen LogP contribution in [0.4, 0.5) is 0 Å². The van der Waals surface area contributed by atoms with Crippen LogP contribution in [0.1, 0.15) is 0 Å². The highest BCUT2D eigenvalue weighted by atomic mass is 32.2. The molecular weight excluding hydrogens is 274 g/mol. The molecule has 1 fully saturated rings. The Hall–Kier alpha value is -0.700. The summed E-state index contributed by atoms with van der Waals surface area (Å²) >= 11 is 0. The van der Waals surface area contributed by atoms with Crippen LogP contribution in [0.5, 0.6) is 0 Å². The molecule has 0 radical (unpaired) electrons. The van der Waals surface area contributed by atoms with Crippen LogP contribution in [0.25, 0.3) is 0 Å². The summed E-state index contributed by atoms with van der Waals surface area (Å²) in [5.74, 6) is -0.129. The molecule has 19 heavy (non-hydrogen) atoms. The molecule has 1 heterocycles. The molecule has 0 unspecified atom stereocenters. The Morgan fingerprint density at radius 3 is 2.37 bits per heavy atom. The summed E-state index contributed by atoms with van der Waals surface area (Å²) in [7, 11) is -1.32. The van der Waals surface area contributed by atoms with Gasteiger partial charge in [-0.1, -0.05) is 0 Å². The highest BCUT2D eigenvalue weighted by Gasteiger charge is 2.23. The number of hydrogen-bond donors (Lipinski definition) is 0. The van der Waals surface area contributed by atoms with Gasteiger partial charge in [-0.05, 0) is 0 Å². The molecule has 1 saturated heterocycles. The van der Waals surface area contributed by atoms with Crippen molar-refractivity contribution >= 4 is 15.8 Å². The molecule has 0 saturated carbocycles. The molecule has 7 nitrogen and oxygen atoms in total. The zero-order chi connectivity index (χ0) is 14.1. The molecule has 1 rings (SSSR count). The summed E-state index contributed by atoms with van der Waals surface area (Å²) in [5.41, 5.74) is 0. The number of nitrogens with zero attached hydrogens (tertiary/aromatic N) is 1. The Bertz CT molecular complexity index is 355. The number of carbonyl (C=O) groups is 1. The normalized spacial score (nSPS) is 19.2. The van der Waals surface area contributed by atoms with E-state index in [-0.39, 0.29) is 30.6 Å². The molecule has 0 amide bonds. The van der Waals surface area contributed by atoms with Crippen molar-refractivity contribution in [2.24, 2.45) is 0 Å². The van der Waals surface area contributed by atoms with Crippen molar-refractivity contribution < 1.29 is 27.4 Å². The molecule has 0 aliphatic carbocycles. The third kappa shape index (κ3) is 7.46. The van der Waals surface area contributed by atoms with Gasteiger partial charge < -0.3 is 14.2 Å². The number of esters is 1. The van der Waals surface area contributed by atoms with Crippen molar-refractivity contribution in [3.8, 4) is 0 Å². The Kier molecular flexibility index (Phi) is 7.29. The summed E-state index contributed by atoms with van der Waals surface area (Å²) in [6, 6.07) is 0. The van der Waals surface area contributed by atoms with Gasteiger partial charge in [0.15, 0.2) is 9.84 Å². The summed E-state index contributed by atoms with van der Waals surface area (Å²) in [6.45, 7) is 2.43. The maximum atomic E-state index is 11.5. The maximum absolute atomic E-state index is 11.5. The van der Waals surface area contributed by atoms with Gasteiger partial charge in [0, 0.05) is 20.2 Å². The fourth-order valence-electron chi connectivity index (χ4n) is 1.60. The lowest BCUT2D eigenvalue weighted by atomic mass is 10.4. The van der Waals surface area contributed by atoms with Crippen LogP contribution in [-0.4, -0.2) is 84.0 Å². The van der Waals surface area contributed by atoms with Crippen LogP contribution in [0, 0.1) is 0 Å². The average Bonchev–Trinajstić information content (AvgIpc) is 2.36. The maximum Gasteiger partial charge on any atom is 0.320 e. The van der Waals surface area contributed by atoms with Gasteiger partial charge in [-0.15, -0.1) is 0 Å². The molecule has 0 N–H and O–H groups in total. The lowest BCUT2D eigenvalue weighted by Gasteiger charge is -2.25. The molecule has 1 aliphatic heterocycles. The zero-order valence-corrected chi connectivity index (χ0v) is 12.0. The van der Waals surface area contributed by atoms with Gasteiger partial charge in [0.1, 0.15) is 6.61 Å².